The van der Waals surface area contributed by atoms with Crippen LogP contribution in [0.15, 0.2) is 37.0 Å². The Kier molecular flexibility index (Phi) is 2.86. The highest BCUT2D eigenvalue weighted by molar-refractivity contribution is 5.19. The molecule has 2 heteroatoms. The van der Waals surface area contributed by atoms with Crippen molar-refractivity contribution in [1.82, 2.24) is 5.32 Å². The molecule has 64 valence electrons. The fourth-order valence-electron chi connectivity index (χ4n) is 1.02. The molecule has 0 aliphatic rings. The number of halogens is 1. The molecule has 1 rings (SSSR count). The van der Waals surface area contributed by atoms with Gasteiger partial charge in [-0.3, -0.25) is 0 Å². The Balaban J connectivity index is 2.74. The lowest BCUT2D eigenvalue weighted by Crippen LogP contribution is -2.10. The zero-order valence-corrected chi connectivity index (χ0v) is 7.05. The molecule has 1 aromatic carbocycles. The molecule has 0 aliphatic carbocycles. The third-order valence-electron chi connectivity index (χ3n) is 1.74. The molecule has 0 aromatic heterocycles. The molecule has 0 saturated heterocycles. The summed E-state index contributed by atoms with van der Waals surface area (Å²) in [4.78, 5) is 0. The first kappa shape index (κ1) is 8.78. The van der Waals surface area contributed by atoms with E-state index in [1.54, 1.807) is 18.3 Å². The second-order valence-corrected chi connectivity index (χ2v) is 2.64. The lowest BCUT2D eigenvalue weighted by Gasteiger charge is -2.11. The number of hydrogen-bond acceptors (Lipinski definition) is 1. The van der Waals surface area contributed by atoms with Crippen LogP contribution in [-0.4, -0.2) is 0 Å². The van der Waals surface area contributed by atoms with Crippen LogP contribution in [0.25, 0.3) is 0 Å². The van der Waals surface area contributed by atoms with Crippen LogP contribution < -0.4 is 5.32 Å². The number of benzene rings is 1. The molecule has 1 nitrogen and oxygen atoms in total. The summed E-state index contributed by atoms with van der Waals surface area (Å²) >= 11 is 0. The van der Waals surface area contributed by atoms with E-state index in [9.17, 15) is 4.39 Å². The van der Waals surface area contributed by atoms with E-state index in [0.29, 0.717) is 0 Å². The summed E-state index contributed by atoms with van der Waals surface area (Å²) in [5, 5.41) is 3.02. The average molecular weight is 165 g/mol. The predicted octanol–water partition coefficient (Wildman–Crippen LogP) is 2.62. The first-order chi connectivity index (χ1) is 5.74. The van der Waals surface area contributed by atoms with Gasteiger partial charge < -0.3 is 5.32 Å². The van der Waals surface area contributed by atoms with Crippen LogP contribution in [0.5, 0.6) is 0 Å². The highest BCUT2D eigenvalue weighted by Crippen LogP contribution is 2.12. The van der Waals surface area contributed by atoms with Gasteiger partial charge in [0.05, 0.1) is 0 Å². The van der Waals surface area contributed by atoms with Crippen LogP contribution in [0.3, 0.4) is 0 Å². The summed E-state index contributed by atoms with van der Waals surface area (Å²) in [6.45, 7) is 5.55. The van der Waals surface area contributed by atoms with Gasteiger partial charge in [-0.2, -0.15) is 0 Å². The fraction of sp³-hybridized carbons (Fsp3) is 0.200. The molecule has 12 heavy (non-hydrogen) atoms. The van der Waals surface area contributed by atoms with Crippen molar-refractivity contribution in [2.45, 2.75) is 13.0 Å². The Morgan fingerprint density at radius 3 is 2.50 bits per heavy atom. The van der Waals surface area contributed by atoms with Crippen molar-refractivity contribution in [2.24, 2.45) is 0 Å². The van der Waals surface area contributed by atoms with Crippen LogP contribution in [0.2, 0.25) is 0 Å². The van der Waals surface area contributed by atoms with Gasteiger partial charge in [0, 0.05) is 6.04 Å². The van der Waals surface area contributed by atoms with E-state index < -0.39 is 0 Å². The first-order valence-electron chi connectivity index (χ1n) is 3.86. The van der Waals surface area contributed by atoms with E-state index in [1.807, 2.05) is 6.92 Å². The summed E-state index contributed by atoms with van der Waals surface area (Å²) < 4.78 is 12.5. The molecule has 1 atom stereocenters. The molecule has 0 bridgehead atoms. The van der Waals surface area contributed by atoms with Crippen molar-refractivity contribution in [3.8, 4) is 0 Å². The van der Waals surface area contributed by atoms with Crippen molar-refractivity contribution in [3.05, 3.63) is 48.4 Å². The van der Waals surface area contributed by atoms with Gasteiger partial charge in [0.1, 0.15) is 5.82 Å². The number of nitrogens with one attached hydrogen (secondary N) is 1. The molecule has 0 aliphatic heterocycles. The largest absolute Gasteiger partial charge is 0.385 e. The predicted molar refractivity (Wildman–Crippen MR) is 48.1 cm³/mol. The van der Waals surface area contributed by atoms with E-state index in [1.165, 1.54) is 12.1 Å². The van der Waals surface area contributed by atoms with Gasteiger partial charge in [-0.15, -0.1) is 0 Å². The standard InChI is InChI=1S/C10H12FN/c1-3-12-8(2)9-4-6-10(11)7-5-9/h3-8,12H,1H2,2H3. The van der Waals surface area contributed by atoms with Crippen LogP contribution >= 0.6 is 0 Å². The highest BCUT2D eigenvalue weighted by Gasteiger charge is 2.01. The minimum atomic E-state index is -0.204. The van der Waals surface area contributed by atoms with Crippen LogP contribution in [-0.2, 0) is 0 Å². The SMILES string of the molecule is C=CNC(C)c1ccc(F)cc1. The molecule has 1 aromatic rings. The molecule has 1 unspecified atom stereocenters. The quantitative estimate of drug-likeness (QED) is 0.726. The molecule has 0 saturated carbocycles. The lowest BCUT2D eigenvalue weighted by atomic mass is 10.1. The Labute approximate surface area is 71.9 Å². The summed E-state index contributed by atoms with van der Waals surface area (Å²) in [6, 6.07) is 6.61. The zero-order valence-electron chi connectivity index (χ0n) is 7.05. The van der Waals surface area contributed by atoms with Gasteiger partial charge >= 0.3 is 0 Å². The normalized spacial score (nSPS) is 12.2. The van der Waals surface area contributed by atoms with Gasteiger partial charge in [0.15, 0.2) is 0 Å². The Hall–Kier alpha value is -1.31. The number of hydrogen-bond donors (Lipinski definition) is 1. The molecule has 0 fully saturated rings. The molecule has 0 radical (unpaired) electrons. The fourth-order valence-corrected chi connectivity index (χ4v) is 1.02. The van der Waals surface area contributed by atoms with E-state index in [0.717, 1.165) is 5.56 Å². The van der Waals surface area contributed by atoms with E-state index in [-0.39, 0.29) is 11.9 Å². The minimum Gasteiger partial charge on any atom is -0.385 e. The first-order valence-corrected chi connectivity index (χ1v) is 3.86. The highest BCUT2D eigenvalue weighted by atomic mass is 19.1. The molecular weight excluding hydrogens is 153 g/mol. The smallest absolute Gasteiger partial charge is 0.123 e. The van der Waals surface area contributed by atoms with Crippen LogP contribution in [0.1, 0.15) is 18.5 Å². The summed E-state index contributed by atoms with van der Waals surface area (Å²) in [5.41, 5.74) is 1.05. The molecule has 1 N–H and O–H groups in total. The van der Waals surface area contributed by atoms with E-state index >= 15 is 0 Å². The summed E-state index contributed by atoms with van der Waals surface area (Å²) in [5.74, 6) is -0.204. The maximum Gasteiger partial charge on any atom is 0.123 e. The molecule has 0 amide bonds. The summed E-state index contributed by atoms with van der Waals surface area (Å²) in [7, 11) is 0. The Morgan fingerprint density at radius 2 is 2.00 bits per heavy atom. The minimum absolute atomic E-state index is 0.183. The van der Waals surface area contributed by atoms with Gasteiger partial charge in [-0.1, -0.05) is 18.7 Å². The van der Waals surface area contributed by atoms with Crippen LogP contribution in [0.4, 0.5) is 4.39 Å². The maximum absolute atomic E-state index is 12.5. The third kappa shape index (κ3) is 2.09. The average Bonchev–Trinajstić information content (AvgIpc) is 2.06. The number of rotatable bonds is 3. The summed E-state index contributed by atoms with van der Waals surface area (Å²) in [6.07, 6.45) is 1.63. The van der Waals surface area contributed by atoms with Crippen molar-refractivity contribution in [2.75, 3.05) is 0 Å². The van der Waals surface area contributed by atoms with Gasteiger partial charge in [0.2, 0.25) is 0 Å². The van der Waals surface area contributed by atoms with Crippen LogP contribution in [0, 0.1) is 5.82 Å². The Bertz CT molecular complexity index is 253. The second-order valence-electron chi connectivity index (χ2n) is 2.64. The maximum atomic E-state index is 12.5. The van der Waals surface area contributed by atoms with Gasteiger partial charge in [-0.05, 0) is 30.8 Å². The zero-order chi connectivity index (χ0) is 8.97. The monoisotopic (exact) mass is 165 g/mol. The molecule has 0 spiro atoms. The lowest BCUT2D eigenvalue weighted by molar-refractivity contribution is 0.623. The van der Waals surface area contributed by atoms with Gasteiger partial charge in [0.25, 0.3) is 0 Å². The molecular formula is C10H12FN. The van der Waals surface area contributed by atoms with Gasteiger partial charge in [-0.25, -0.2) is 4.39 Å². The van der Waals surface area contributed by atoms with Crippen molar-refractivity contribution >= 4 is 0 Å². The molecule has 0 heterocycles. The van der Waals surface area contributed by atoms with Crippen molar-refractivity contribution in [3.63, 3.8) is 0 Å². The van der Waals surface area contributed by atoms with E-state index in [4.69, 9.17) is 0 Å². The third-order valence-corrected chi connectivity index (χ3v) is 1.74. The van der Waals surface area contributed by atoms with Crippen molar-refractivity contribution in [1.29, 1.82) is 0 Å². The van der Waals surface area contributed by atoms with Crippen molar-refractivity contribution < 1.29 is 4.39 Å². The Morgan fingerprint density at radius 1 is 1.42 bits per heavy atom. The second kappa shape index (κ2) is 3.90. The topological polar surface area (TPSA) is 12.0 Å². The van der Waals surface area contributed by atoms with E-state index in [2.05, 4.69) is 11.9 Å².